The Morgan fingerprint density at radius 3 is 2.69 bits per heavy atom. The van der Waals surface area contributed by atoms with Crippen molar-refractivity contribution >= 4 is 11.9 Å². The van der Waals surface area contributed by atoms with Gasteiger partial charge in [-0.2, -0.15) is 0 Å². The van der Waals surface area contributed by atoms with Crippen molar-refractivity contribution in [1.29, 1.82) is 0 Å². The van der Waals surface area contributed by atoms with Crippen LogP contribution in [0.1, 0.15) is 12.8 Å². The molecule has 6 heteroatoms. The molecule has 0 rings (SSSR count). The quantitative estimate of drug-likeness (QED) is 0.520. The normalized spacial score (nSPS) is 10.2. The molecule has 94 valence electrons. The van der Waals surface area contributed by atoms with E-state index in [1.54, 1.807) is 0 Å². The van der Waals surface area contributed by atoms with Crippen LogP contribution in [-0.2, 0) is 14.3 Å². The van der Waals surface area contributed by atoms with Crippen molar-refractivity contribution in [2.45, 2.75) is 12.8 Å². The fourth-order valence-electron chi connectivity index (χ4n) is 1.19. The monoisotopic (exact) mass is 231 g/mol. The van der Waals surface area contributed by atoms with Crippen LogP contribution in [0.2, 0.25) is 0 Å². The minimum absolute atomic E-state index is 0.0500. The number of amides is 1. The first-order valence-corrected chi connectivity index (χ1v) is 5.32. The van der Waals surface area contributed by atoms with Crippen molar-refractivity contribution in [3.63, 3.8) is 0 Å². The fraction of sp³-hybridized carbons (Fsp3) is 0.800. The summed E-state index contributed by atoms with van der Waals surface area (Å²) in [5.74, 6) is -0.271. The first-order chi connectivity index (χ1) is 7.60. The average Bonchev–Trinajstić information content (AvgIpc) is 2.25. The number of esters is 1. The lowest BCUT2D eigenvalue weighted by Crippen LogP contribution is -2.37. The summed E-state index contributed by atoms with van der Waals surface area (Å²) in [7, 11) is 3.20. The van der Waals surface area contributed by atoms with Crippen LogP contribution in [0, 0.1) is 0 Å². The van der Waals surface area contributed by atoms with Crippen molar-refractivity contribution < 1.29 is 14.3 Å². The van der Waals surface area contributed by atoms with Crippen molar-refractivity contribution in [3.05, 3.63) is 0 Å². The van der Waals surface area contributed by atoms with Crippen LogP contribution in [0.25, 0.3) is 0 Å². The van der Waals surface area contributed by atoms with E-state index in [4.69, 9.17) is 5.73 Å². The molecule has 0 aliphatic carbocycles. The predicted molar refractivity (Wildman–Crippen MR) is 60.8 cm³/mol. The van der Waals surface area contributed by atoms with Gasteiger partial charge < -0.3 is 15.8 Å². The fourth-order valence-corrected chi connectivity index (χ4v) is 1.19. The van der Waals surface area contributed by atoms with Crippen molar-refractivity contribution in [3.8, 4) is 0 Å². The molecule has 0 aromatic carbocycles. The van der Waals surface area contributed by atoms with E-state index >= 15 is 0 Å². The number of ether oxygens (including phenoxy) is 1. The molecule has 0 spiro atoms. The summed E-state index contributed by atoms with van der Waals surface area (Å²) in [5.41, 5.74) is 5.26. The highest BCUT2D eigenvalue weighted by Crippen LogP contribution is 1.94. The third-order valence-corrected chi connectivity index (χ3v) is 2.03. The summed E-state index contributed by atoms with van der Waals surface area (Å²) >= 11 is 0. The van der Waals surface area contributed by atoms with E-state index in [9.17, 15) is 9.59 Å². The van der Waals surface area contributed by atoms with Crippen LogP contribution in [0.4, 0.5) is 0 Å². The second-order valence-electron chi connectivity index (χ2n) is 3.56. The number of nitrogens with two attached hydrogens (primary N) is 1. The number of nitrogens with zero attached hydrogens (tertiary/aromatic N) is 1. The Morgan fingerprint density at radius 1 is 1.44 bits per heavy atom. The number of carbonyl (C=O) groups excluding carboxylic acids is 2. The van der Waals surface area contributed by atoms with Gasteiger partial charge in [0.2, 0.25) is 5.91 Å². The Hall–Kier alpha value is -1.14. The number of rotatable bonds is 8. The molecule has 6 nitrogen and oxygen atoms in total. The van der Waals surface area contributed by atoms with Gasteiger partial charge in [0.25, 0.3) is 0 Å². The summed E-state index contributed by atoms with van der Waals surface area (Å²) < 4.78 is 4.52. The SMILES string of the molecule is COC(=O)CCCN(C)CC(=O)NCCN. The highest BCUT2D eigenvalue weighted by Gasteiger charge is 2.06. The van der Waals surface area contributed by atoms with E-state index in [1.807, 2.05) is 11.9 Å². The zero-order valence-electron chi connectivity index (χ0n) is 9.99. The smallest absolute Gasteiger partial charge is 0.305 e. The van der Waals surface area contributed by atoms with E-state index in [2.05, 4.69) is 10.1 Å². The lowest BCUT2D eigenvalue weighted by atomic mass is 10.3. The number of hydrogen-bond donors (Lipinski definition) is 2. The van der Waals surface area contributed by atoms with Crippen LogP contribution in [0.3, 0.4) is 0 Å². The molecule has 0 aromatic rings. The van der Waals surface area contributed by atoms with Gasteiger partial charge in [-0.3, -0.25) is 14.5 Å². The van der Waals surface area contributed by atoms with Gasteiger partial charge >= 0.3 is 5.97 Å². The predicted octanol–water partition coefficient (Wildman–Crippen LogP) is -1.05. The minimum Gasteiger partial charge on any atom is -0.469 e. The van der Waals surface area contributed by atoms with Crippen LogP contribution in [0.5, 0.6) is 0 Å². The number of methoxy groups -OCH3 is 1. The standard InChI is InChI=1S/C10H21N3O3/c1-13(7-3-4-10(15)16-2)8-9(14)12-6-5-11/h3-8,11H2,1-2H3,(H,12,14). The molecule has 0 saturated carbocycles. The van der Waals surface area contributed by atoms with E-state index in [-0.39, 0.29) is 11.9 Å². The third-order valence-electron chi connectivity index (χ3n) is 2.03. The van der Waals surface area contributed by atoms with Crippen molar-refractivity contribution in [2.75, 3.05) is 40.3 Å². The Labute approximate surface area is 96.1 Å². The first kappa shape index (κ1) is 14.9. The highest BCUT2D eigenvalue weighted by molar-refractivity contribution is 5.77. The third kappa shape index (κ3) is 8.19. The number of hydrogen-bond acceptors (Lipinski definition) is 5. The van der Waals surface area contributed by atoms with Crippen LogP contribution < -0.4 is 11.1 Å². The molecule has 0 aliphatic heterocycles. The van der Waals surface area contributed by atoms with Crippen LogP contribution >= 0.6 is 0 Å². The molecule has 0 bridgehead atoms. The lowest BCUT2D eigenvalue weighted by Gasteiger charge is -2.15. The van der Waals surface area contributed by atoms with Gasteiger partial charge in [-0.15, -0.1) is 0 Å². The number of carbonyl (C=O) groups is 2. The number of nitrogens with one attached hydrogen (secondary N) is 1. The zero-order valence-corrected chi connectivity index (χ0v) is 9.99. The second-order valence-corrected chi connectivity index (χ2v) is 3.56. The molecule has 0 radical (unpaired) electrons. The van der Waals surface area contributed by atoms with Crippen LogP contribution in [-0.4, -0.2) is 57.1 Å². The van der Waals surface area contributed by atoms with E-state index in [1.165, 1.54) is 7.11 Å². The molecule has 3 N–H and O–H groups in total. The summed E-state index contributed by atoms with van der Waals surface area (Å²) in [5, 5.41) is 2.68. The average molecular weight is 231 g/mol. The maximum atomic E-state index is 11.3. The topological polar surface area (TPSA) is 84.7 Å². The molecule has 16 heavy (non-hydrogen) atoms. The molecule has 0 aliphatic rings. The van der Waals surface area contributed by atoms with Gasteiger partial charge in [0.15, 0.2) is 0 Å². The van der Waals surface area contributed by atoms with Gasteiger partial charge in [-0.05, 0) is 20.0 Å². The summed E-state index contributed by atoms with van der Waals surface area (Å²) in [4.78, 5) is 23.9. The Kier molecular flexibility index (Phi) is 8.46. The molecule has 0 fully saturated rings. The zero-order chi connectivity index (χ0) is 12.4. The largest absolute Gasteiger partial charge is 0.469 e. The van der Waals surface area contributed by atoms with Gasteiger partial charge in [-0.1, -0.05) is 0 Å². The first-order valence-electron chi connectivity index (χ1n) is 5.32. The van der Waals surface area contributed by atoms with Crippen LogP contribution in [0.15, 0.2) is 0 Å². The Balaban J connectivity index is 3.53. The molecular weight excluding hydrogens is 210 g/mol. The summed E-state index contributed by atoms with van der Waals surface area (Å²) in [6, 6.07) is 0. The summed E-state index contributed by atoms with van der Waals surface area (Å²) in [6.45, 7) is 1.94. The van der Waals surface area contributed by atoms with Crippen molar-refractivity contribution in [1.82, 2.24) is 10.2 Å². The maximum Gasteiger partial charge on any atom is 0.305 e. The maximum absolute atomic E-state index is 11.3. The Morgan fingerprint density at radius 2 is 2.12 bits per heavy atom. The molecule has 0 atom stereocenters. The van der Waals surface area contributed by atoms with Gasteiger partial charge in [0.1, 0.15) is 0 Å². The minimum atomic E-state index is -0.221. The molecule has 0 aromatic heterocycles. The van der Waals surface area contributed by atoms with Gasteiger partial charge in [-0.25, -0.2) is 0 Å². The van der Waals surface area contributed by atoms with Gasteiger partial charge in [0, 0.05) is 19.5 Å². The van der Waals surface area contributed by atoms with E-state index < -0.39 is 0 Å². The second kappa shape index (κ2) is 9.11. The lowest BCUT2D eigenvalue weighted by molar-refractivity contribution is -0.140. The van der Waals surface area contributed by atoms with Crippen molar-refractivity contribution in [2.24, 2.45) is 5.73 Å². The molecule has 1 amide bonds. The molecule has 0 unspecified atom stereocenters. The molecule has 0 heterocycles. The highest BCUT2D eigenvalue weighted by atomic mass is 16.5. The van der Waals surface area contributed by atoms with Gasteiger partial charge in [0.05, 0.1) is 13.7 Å². The Bertz CT molecular complexity index is 221. The van der Waals surface area contributed by atoms with E-state index in [0.717, 1.165) is 0 Å². The molecular formula is C10H21N3O3. The van der Waals surface area contributed by atoms with E-state index in [0.29, 0.717) is 39.0 Å². The molecule has 0 saturated heterocycles. The number of likely N-dealkylation sites (N-methyl/N-ethyl adjacent to an activating group) is 1. The summed E-state index contributed by atoms with van der Waals surface area (Å²) in [6.07, 6.45) is 1.07.